The van der Waals surface area contributed by atoms with Crippen molar-refractivity contribution in [2.24, 2.45) is 0 Å². The number of nitrogens with zero attached hydrogens (tertiary/aromatic N) is 2. The van der Waals surface area contributed by atoms with E-state index in [1.807, 2.05) is 0 Å². The van der Waals surface area contributed by atoms with Gasteiger partial charge in [0.05, 0.1) is 16.7 Å². The Morgan fingerprint density at radius 1 is 1.53 bits per heavy atom. The molecule has 2 rings (SSSR count). The SMILES string of the molecule is Cc1cn[nH]c1NC(=O)c1cc([N+](=O)[O-])ccc1Br. The van der Waals surface area contributed by atoms with Crippen LogP contribution in [0.2, 0.25) is 0 Å². The topological polar surface area (TPSA) is 101 Å². The van der Waals surface area contributed by atoms with Gasteiger partial charge in [-0.05, 0) is 28.9 Å². The van der Waals surface area contributed by atoms with Gasteiger partial charge in [0.25, 0.3) is 11.6 Å². The molecule has 0 atom stereocenters. The first-order valence-corrected chi connectivity index (χ1v) is 6.03. The molecule has 0 aliphatic heterocycles. The molecule has 0 radical (unpaired) electrons. The van der Waals surface area contributed by atoms with Crippen LogP contribution >= 0.6 is 15.9 Å². The third-order valence-corrected chi connectivity index (χ3v) is 3.16. The van der Waals surface area contributed by atoms with E-state index < -0.39 is 10.8 Å². The number of amides is 1. The van der Waals surface area contributed by atoms with Crippen LogP contribution in [0, 0.1) is 17.0 Å². The molecule has 2 aromatic rings. The third-order valence-electron chi connectivity index (χ3n) is 2.47. The fourth-order valence-electron chi connectivity index (χ4n) is 1.45. The predicted octanol–water partition coefficient (Wildman–Crippen LogP) is 2.64. The first kappa shape index (κ1) is 13.2. The third kappa shape index (κ3) is 2.79. The Bertz CT molecular complexity index is 653. The van der Waals surface area contributed by atoms with E-state index in [0.717, 1.165) is 5.56 Å². The maximum atomic E-state index is 12.0. The van der Waals surface area contributed by atoms with E-state index in [9.17, 15) is 14.9 Å². The Balaban J connectivity index is 2.31. The van der Waals surface area contributed by atoms with Crippen LogP contribution in [0.15, 0.2) is 28.9 Å². The van der Waals surface area contributed by atoms with E-state index in [1.165, 1.54) is 18.2 Å². The molecule has 0 bridgehead atoms. The summed E-state index contributed by atoms with van der Waals surface area (Å²) >= 11 is 3.19. The van der Waals surface area contributed by atoms with Crippen LogP contribution in [0.4, 0.5) is 11.5 Å². The van der Waals surface area contributed by atoms with Crippen molar-refractivity contribution < 1.29 is 9.72 Å². The average molecular weight is 325 g/mol. The van der Waals surface area contributed by atoms with Gasteiger partial charge in [0.15, 0.2) is 0 Å². The number of aromatic amines is 1. The van der Waals surface area contributed by atoms with Crippen molar-refractivity contribution in [2.45, 2.75) is 6.92 Å². The quantitative estimate of drug-likeness (QED) is 0.669. The van der Waals surface area contributed by atoms with Crippen LogP contribution in [0.5, 0.6) is 0 Å². The first-order chi connectivity index (χ1) is 8.99. The van der Waals surface area contributed by atoms with E-state index >= 15 is 0 Å². The van der Waals surface area contributed by atoms with Crippen molar-refractivity contribution in [1.82, 2.24) is 10.2 Å². The zero-order valence-corrected chi connectivity index (χ0v) is 11.4. The van der Waals surface area contributed by atoms with Gasteiger partial charge in [-0.3, -0.25) is 20.0 Å². The van der Waals surface area contributed by atoms with Crippen molar-refractivity contribution in [2.75, 3.05) is 5.32 Å². The Hall–Kier alpha value is -2.22. The lowest BCUT2D eigenvalue weighted by atomic mass is 10.2. The number of aromatic nitrogens is 2. The number of nitro groups is 1. The summed E-state index contributed by atoms with van der Waals surface area (Å²) in [5, 5.41) is 19.7. The fourth-order valence-corrected chi connectivity index (χ4v) is 1.88. The van der Waals surface area contributed by atoms with E-state index in [-0.39, 0.29) is 11.3 Å². The number of halogens is 1. The molecule has 19 heavy (non-hydrogen) atoms. The highest BCUT2D eigenvalue weighted by atomic mass is 79.9. The number of carbonyl (C=O) groups is 1. The summed E-state index contributed by atoms with van der Waals surface area (Å²) in [4.78, 5) is 22.2. The largest absolute Gasteiger partial charge is 0.307 e. The minimum Gasteiger partial charge on any atom is -0.307 e. The molecule has 0 unspecified atom stereocenters. The minimum absolute atomic E-state index is 0.144. The number of aryl methyl sites for hydroxylation is 1. The van der Waals surface area contributed by atoms with Crippen molar-refractivity contribution in [3.63, 3.8) is 0 Å². The molecule has 1 aromatic carbocycles. The number of carbonyl (C=O) groups excluding carboxylic acids is 1. The molecule has 0 saturated carbocycles. The second-order valence-corrected chi connectivity index (χ2v) is 4.66. The molecular weight excluding hydrogens is 316 g/mol. The molecule has 1 amide bonds. The smallest absolute Gasteiger partial charge is 0.270 e. The highest BCUT2D eigenvalue weighted by Crippen LogP contribution is 2.23. The van der Waals surface area contributed by atoms with Gasteiger partial charge >= 0.3 is 0 Å². The summed E-state index contributed by atoms with van der Waals surface area (Å²) in [6.07, 6.45) is 1.57. The van der Waals surface area contributed by atoms with Crippen LogP contribution in [0.25, 0.3) is 0 Å². The number of rotatable bonds is 3. The van der Waals surface area contributed by atoms with Crippen molar-refractivity contribution >= 4 is 33.3 Å². The standard InChI is InChI=1S/C11H9BrN4O3/c1-6-5-13-15-10(6)14-11(17)8-4-7(16(18)19)2-3-9(8)12/h2-5H,1H3,(H2,13,14,15,17). The van der Waals surface area contributed by atoms with Crippen LogP contribution < -0.4 is 5.32 Å². The Morgan fingerprint density at radius 3 is 2.84 bits per heavy atom. The summed E-state index contributed by atoms with van der Waals surface area (Å²) in [6, 6.07) is 4.00. The van der Waals surface area contributed by atoms with Gasteiger partial charge in [-0.25, -0.2) is 0 Å². The molecule has 0 aliphatic rings. The Kier molecular flexibility index (Phi) is 3.61. The molecule has 1 aromatic heterocycles. The molecule has 0 spiro atoms. The monoisotopic (exact) mass is 324 g/mol. The highest BCUT2D eigenvalue weighted by Gasteiger charge is 2.16. The lowest BCUT2D eigenvalue weighted by Gasteiger charge is -2.05. The van der Waals surface area contributed by atoms with Gasteiger partial charge in [0, 0.05) is 22.2 Å². The molecule has 0 fully saturated rings. The molecule has 1 heterocycles. The van der Waals surface area contributed by atoms with Gasteiger partial charge in [0.2, 0.25) is 0 Å². The van der Waals surface area contributed by atoms with E-state index in [0.29, 0.717) is 10.3 Å². The molecule has 98 valence electrons. The van der Waals surface area contributed by atoms with Crippen LogP contribution in [-0.4, -0.2) is 21.0 Å². The van der Waals surface area contributed by atoms with Crippen molar-refractivity contribution in [1.29, 1.82) is 0 Å². The summed E-state index contributed by atoms with van der Waals surface area (Å²) in [5.41, 5.74) is 0.813. The second-order valence-electron chi connectivity index (χ2n) is 3.80. The van der Waals surface area contributed by atoms with E-state index in [4.69, 9.17) is 0 Å². The van der Waals surface area contributed by atoms with E-state index in [2.05, 4.69) is 31.4 Å². The molecule has 0 saturated heterocycles. The van der Waals surface area contributed by atoms with Crippen LogP contribution in [0.1, 0.15) is 15.9 Å². The van der Waals surface area contributed by atoms with E-state index in [1.54, 1.807) is 13.1 Å². The Morgan fingerprint density at radius 2 is 2.26 bits per heavy atom. The number of benzene rings is 1. The number of H-pyrrole nitrogens is 1. The highest BCUT2D eigenvalue weighted by molar-refractivity contribution is 9.10. The normalized spacial score (nSPS) is 10.2. The number of non-ortho nitro benzene ring substituents is 1. The van der Waals surface area contributed by atoms with Crippen molar-refractivity contribution in [3.8, 4) is 0 Å². The summed E-state index contributed by atoms with van der Waals surface area (Å²) in [6.45, 7) is 1.78. The molecule has 7 nitrogen and oxygen atoms in total. The number of hydrogen-bond donors (Lipinski definition) is 2. The van der Waals surface area contributed by atoms with Gasteiger partial charge in [0.1, 0.15) is 5.82 Å². The van der Waals surface area contributed by atoms with Gasteiger partial charge in [-0.15, -0.1) is 0 Å². The number of hydrogen-bond acceptors (Lipinski definition) is 4. The van der Waals surface area contributed by atoms with Gasteiger partial charge in [-0.2, -0.15) is 5.10 Å². The van der Waals surface area contributed by atoms with Crippen LogP contribution in [0.3, 0.4) is 0 Å². The lowest BCUT2D eigenvalue weighted by molar-refractivity contribution is -0.384. The lowest BCUT2D eigenvalue weighted by Crippen LogP contribution is -2.14. The zero-order chi connectivity index (χ0) is 14.0. The minimum atomic E-state index is -0.551. The van der Waals surface area contributed by atoms with Crippen LogP contribution in [-0.2, 0) is 0 Å². The number of anilines is 1. The molecule has 8 heteroatoms. The summed E-state index contributed by atoms with van der Waals surface area (Å²) < 4.78 is 0.479. The maximum absolute atomic E-state index is 12.0. The van der Waals surface area contributed by atoms with Gasteiger partial charge in [-0.1, -0.05) is 0 Å². The molecular formula is C11H9BrN4O3. The maximum Gasteiger partial charge on any atom is 0.270 e. The van der Waals surface area contributed by atoms with Crippen molar-refractivity contribution in [3.05, 3.63) is 50.1 Å². The zero-order valence-electron chi connectivity index (χ0n) is 9.81. The second kappa shape index (κ2) is 5.19. The number of nitro benzene ring substituents is 1. The average Bonchev–Trinajstić information content (AvgIpc) is 2.75. The molecule has 0 aliphatic carbocycles. The number of nitrogens with one attached hydrogen (secondary N) is 2. The Labute approximate surface area is 116 Å². The molecule has 2 N–H and O–H groups in total. The predicted molar refractivity (Wildman–Crippen MR) is 72.1 cm³/mol. The summed E-state index contributed by atoms with van der Waals surface area (Å²) in [5.74, 6) is 0.00586. The summed E-state index contributed by atoms with van der Waals surface area (Å²) in [7, 11) is 0. The fraction of sp³-hybridized carbons (Fsp3) is 0.0909. The van der Waals surface area contributed by atoms with Gasteiger partial charge < -0.3 is 5.32 Å². The first-order valence-electron chi connectivity index (χ1n) is 5.24.